The number of fused-ring (bicyclic) bond motifs is 2. The van der Waals surface area contributed by atoms with Gasteiger partial charge in [0.05, 0.1) is 15.2 Å². The molecule has 25 heavy (non-hydrogen) atoms. The van der Waals surface area contributed by atoms with Gasteiger partial charge in [0.25, 0.3) is 0 Å². The van der Waals surface area contributed by atoms with Crippen LogP contribution in [0.15, 0.2) is 30.5 Å². The summed E-state index contributed by atoms with van der Waals surface area (Å²) >= 11 is 1.85. The minimum absolute atomic E-state index is 0.454. The normalized spacial score (nSPS) is 17.4. The number of aryl methyl sites for hydroxylation is 1. The smallest absolute Gasteiger partial charge is 0.0964 e. The predicted octanol–water partition coefficient (Wildman–Crippen LogP) is 6.41. The summed E-state index contributed by atoms with van der Waals surface area (Å²) in [5, 5.41) is 1.25. The highest BCUT2D eigenvalue weighted by atomic mass is 32.1. The maximum absolute atomic E-state index is 5.02. The van der Waals surface area contributed by atoms with E-state index in [0.29, 0.717) is 17.8 Å². The van der Waals surface area contributed by atoms with Crippen molar-refractivity contribution in [2.24, 2.45) is 0 Å². The zero-order valence-electron chi connectivity index (χ0n) is 15.5. The number of thiazole rings is 1. The van der Waals surface area contributed by atoms with E-state index >= 15 is 0 Å². The molecule has 2 aromatic heterocycles. The molecule has 0 spiro atoms. The van der Waals surface area contributed by atoms with E-state index in [-0.39, 0.29) is 0 Å². The molecule has 0 aliphatic heterocycles. The summed E-state index contributed by atoms with van der Waals surface area (Å²) in [6.45, 7) is 8.91. The topological polar surface area (TPSA) is 25.8 Å². The highest BCUT2D eigenvalue weighted by Crippen LogP contribution is 2.41. The van der Waals surface area contributed by atoms with Crippen LogP contribution in [0.4, 0.5) is 0 Å². The summed E-state index contributed by atoms with van der Waals surface area (Å²) in [6, 6.07) is 9.08. The van der Waals surface area contributed by atoms with Crippen LogP contribution in [0.1, 0.15) is 85.7 Å². The van der Waals surface area contributed by atoms with Crippen molar-refractivity contribution >= 4 is 21.6 Å². The molecule has 0 amide bonds. The largest absolute Gasteiger partial charge is 0.261 e. The first-order valence-corrected chi connectivity index (χ1v) is 10.2. The fourth-order valence-corrected chi connectivity index (χ4v) is 4.86. The molecule has 0 fully saturated rings. The van der Waals surface area contributed by atoms with Gasteiger partial charge in [0.2, 0.25) is 0 Å². The van der Waals surface area contributed by atoms with Crippen LogP contribution in [0.3, 0.4) is 0 Å². The molecule has 0 saturated heterocycles. The molecule has 0 saturated carbocycles. The van der Waals surface area contributed by atoms with Crippen LogP contribution in [-0.2, 0) is 6.42 Å². The van der Waals surface area contributed by atoms with E-state index < -0.39 is 0 Å². The highest BCUT2D eigenvalue weighted by molar-refractivity contribution is 7.18. The summed E-state index contributed by atoms with van der Waals surface area (Å²) in [6.07, 6.45) is 5.72. The molecule has 0 radical (unpaired) electrons. The van der Waals surface area contributed by atoms with E-state index in [4.69, 9.17) is 9.97 Å². The lowest BCUT2D eigenvalue weighted by atomic mass is 9.78. The molecule has 0 N–H and O–H groups in total. The third-order valence-corrected chi connectivity index (χ3v) is 6.61. The Morgan fingerprint density at radius 2 is 1.92 bits per heavy atom. The molecule has 2 heterocycles. The van der Waals surface area contributed by atoms with E-state index in [0.717, 1.165) is 6.42 Å². The zero-order valence-corrected chi connectivity index (χ0v) is 16.4. The van der Waals surface area contributed by atoms with Gasteiger partial charge in [0, 0.05) is 23.7 Å². The number of pyridine rings is 1. The van der Waals surface area contributed by atoms with Gasteiger partial charge >= 0.3 is 0 Å². The summed E-state index contributed by atoms with van der Waals surface area (Å²) < 4.78 is 1.33. The molecular formula is C22H26N2S. The Morgan fingerprint density at radius 1 is 1.08 bits per heavy atom. The van der Waals surface area contributed by atoms with Gasteiger partial charge in [-0.2, -0.15) is 0 Å². The molecule has 130 valence electrons. The Bertz CT molecular complexity index is 908. The van der Waals surface area contributed by atoms with Gasteiger partial charge in [0.15, 0.2) is 0 Å². The first kappa shape index (κ1) is 16.7. The first-order valence-electron chi connectivity index (χ1n) is 9.42. The third-order valence-electron chi connectivity index (χ3n) is 5.29. The maximum Gasteiger partial charge on any atom is 0.0964 e. The second-order valence-electron chi connectivity index (χ2n) is 7.81. The molecule has 4 rings (SSSR count). The van der Waals surface area contributed by atoms with Crippen molar-refractivity contribution in [3.05, 3.63) is 57.9 Å². The van der Waals surface area contributed by atoms with Gasteiger partial charge in [-0.05, 0) is 54.0 Å². The minimum Gasteiger partial charge on any atom is -0.261 e. The van der Waals surface area contributed by atoms with Crippen molar-refractivity contribution in [2.45, 2.75) is 64.7 Å². The second kappa shape index (κ2) is 6.53. The summed E-state index contributed by atoms with van der Waals surface area (Å²) in [5.41, 5.74) is 6.74. The van der Waals surface area contributed by atoms with Crippen LogP contribution in [-0.4, -0.2) is 9.97 Å². The number of para-hydroxylation sites is 1. The number of hydrogen-bond acceptors (Lipinski definition) is 3. The molecule has 1 atom stereocenters. The summed E-state index contributed by atoms with van der Waals surface area (Å²) in [7, 11) is 0. The van der Waals surface area contributed by atoms with Crippen LogP contribution in [0, 0.1) is 0 Å². The Balaban J connectivity index is 1.86. The fraction of sp³-hybridized carbons (Fsp3) is 0.455. The monoisotopic (exact) mass is 350 g/mol. The Hall–Kier alpha value is -1.74. The van der Waals surface area contributed by atoms with Crippen molar-refractivity contribution in [3.63, 3.8) is 0 Å². The van der Waals surface area contributed by atoms with Crippen molar-refractivity contribution in [1.29, 1.82) is 0 Å². The van der Waals surface area contributed by atoms with E-state index in [2.05, 4.69) is 58.2 Å². The van der Waals surface area contributed by atoms with Crippen LogP contribution < -0.4 is 0 Å². The van der Waals surface area contributed by atoms with Gasteiger partial charge < -0.3 is 0 Å². The van der Waals surface area contributed by atoms with Gasteiger partial charge in [-0.15, -0.1) is 11.3 Å². The molecule has 1 aliphatic rings. The molecule has 2 nitrogen and oxygen atoms in total. The quantitative estimate of drug-likeness (QED) is 0.545. The average Bonchev–Trinajstić information content (AvgIpc) is 3.05. The Labute approximate surface area is 154 Å². The maximum atomic E-state index is 5.02. The van der Waals surface area contributed by atoms with Crippen LogP contribution in [0.5, 0.6) is 0 Å². The number of rotatable bonds is 3. The summed E-state index contributed by atoms with van der Waals surface area (Å²) in [4.78, 5) is 9.72. The van der Waals surface area contributed by atoms with Crippen molar-refractivity contribution in [2.75, 3.05) is 0 Å². The van der Waals surface area contributed by atoms with Crippen molar-refractivity contribution in [1.82, 2.24) is 9.97 Å². The Morgan fingerprint density at radius 3 is 2.68 bits per heavy atom. The molecule has 3 heteroatoms. The molecular weight excluding hydrogens is 324 g/mol. The number of aromatic nitrogens is 2. The van der Waals surface area contributed by atoms with E-state index in [1.807, 2.05) is 11.3 Å². The van der Waals surface area contributed by atoms with Crippen LogP contribution in [0.25, 0.3) is 10.2 Å². The lowest BCUT2D eigenvalue weighted by Gasteiger charge is -2.27. The van der Waals surface area contributed by atoms with Crippen LogP contribution >= 0.6 is 11.3 Å². The Kier molecular flexibility index (Phi) is 4.36. The zero-order chi connectivity index (χ0) is 17.6. The first-order chi connectivity index (χ1) is 12.0. The van der Waals surface area contributed by atoms with E-state index in [1.54, 1.807) is 0 Å². The van der Waals surface area contributed by atoms with Gasteiger partial charge in [-0.25, -0.2) is 4.98 Å². The summed E-state index contributed by atoms with van der Waals surface area (Å²) in [5.74, 6) is 1.41. The van der Waals surface area contributed by atoms with Gasteiger partial charge in [-0.1, -0.05) is 39.8 Å². The standard InChI is InChI=1S/C22H26N2S/c1-13(2)19-11-18-15(12-23-19)7-5-8-16(18)17-9-6-10-20-21(17)24-22(25-20)14(3)4/h6,9-14,16H,5,7-8H2,1-4H3. The average molecular weight is 351 g/mol. The van der Waals surface area contributed by atoms with E-state index in [1.165, 1.54) is 50.5 Å². The minimum atomic E-state index is 0.454. The lowest BCUT2D eigenvalue weighted by molar-refractivity contribution is 0.611. The second-order valence-corrected chi connectivity index (χ2v) is 8.87. The third kappa shape index (κ3) is 2.99. The highest BCUT2D eigenvalue weighted by Gasteiger charge is 2.25. The lowest BCUT2D eigenvalue weighted by Crippen LogP contribution is -2.13. The number of benzene rings is 1. The van der Waals surface area contributed by atoms with Crippen molar-refractivity contribution in [3.8, 4) is 0 Å². The van der Waals surface area contributed by atoms with Crippen LogP contribution in [0.2, 0.25) is 0 Å². The predicted molar refractivity (Wildman–Crippen MR) is 107 cm³/mol. The molecule has 1 aromatic carbocycles. The molecule has 1 aliphatic carbocycles. The van der Waals surface area contributed by atoms with E-state index in [9.17, 15) is 0 Å². The fourth-order valence-electron chi connectivity index (χ4n) is 3.86. The molecule has 0 bridgehead atoms. The van der Waals surface area contributed by atoms with Gasteiger partial charge in [-0.3, -0.25) is 4.98 Å². The molecule has 3 aromatic rings. The molecule has 1 unspecified atom stereocenters. The van der Waals surface area contributed by atoms with Crippen molar-refractivity contribution < 1.29 is 0 Å². The van der Waals surface area contributed by atoms with Gasteiger partial charge in [0.1, 0.15) is 0 Å². The SMILES string of the molecule is CC(C)c1cc2c(cn1)CCCC2c1cccc2sc(C(C)C)nc12. The number of nitrogens with zero attached hydrogens (tertiary/aromatic N) is 2. The number of hydrogen-bond donors (Lipinski definition) is 0.